The average molecular weight is 399 g/mol. The Hall–Kier alpha value is -3.20. The molecule has 28 heavy (non-hydrogen) atoms. The van der Waals surface area contributed by atoms with Crippen LogP contribution in [0.25, 0.3) is 6.08 Å². The number of imide groups is 1. The zero-order chi connectivity index (χ0) is 20.3. The van der Waals surface area contributed by atoms with Crippen molar-refractivity contribution in [3.8, 4) is 11.6 Å². The van der Waals surface area contributed by atoms with Crippen molar-refractivity contribution < 1.29 is 19.2 Å². The third-order valence-corrected chi connectivity index (χ3v) is 5.07. The molecule has 0 radical (unpaired) electrons. The number of aromatic nitrogens is 1. The van der Waals surface area contributed by atoms with Gasteiger partial charge in [0.15, 0.2) is 0 Å². The van der Waals surface area contributed by atoms with Crippen LogP contribution in [0.5, 0.6) is 11.6 Å². The summed E-state index contributed by atoms with van der Waals surface area (Å²) in [6.07, 6.45) is 3.49. The summed E-state index contributed by atoms with van der Waals surface area (Å²) in [5.41, 5.74) is 0.632. The van der Waals surface area contributed by atoms with E-state index in [-0.39, 0.29) is 28.8 Å². The van der Waals surface area contributed by atoms with Gasteiger partial charge in [0.05, 0.1) is 9.83 Å². The lowest BCUT2D eigenvalue weighted by Gasteiger charge is -2.19. The number of hydrogen-bond donors (Lipinski definition) is 0. The van der Waals surface area contributed by atoms with Crippen molar-refractivity contribution in [3.63, 3.8) is 0 Å². The molecule has 144 valence electrons. The van der Waals surface area contributed by atoms with Crippen LogP contribution in [-0.4, -0.2) is 32.0 Å². The first kappa shape index (κ1) is 19.6. The van der Waals surface area contributed by atoms with Gasteiger partial charge in [-0.15, -0.1) is 0 Å². The Bertz CT molecular complexity index is 941. The van der Waals surface area contributed by atoms with E-state index in [1.165, 1.54) is 17.0 Å². The molecule has 0 N–H and O–H groups in total. The lowest BCUT2D eigenvalue weighted by molar-refractivity contribution is -0.385. The highest BCUT2D eigenvalue weighted by Gasteiger charge is 2.37. The second kappa shape index (κ2) is 8.22. The van der Waals surface area contributed by atoms with Gasteiger partial charge in [0.2, 0.25) is 5.88 Å². The Morgan fingerprint density at radius 3 is 2.54 bits per heavy atom. The average Bonchev–Trinajstić information content (AvgIpc) is 2.96. The molecule has 1 aliphatic rings. The smallest absolute Gasteiger partial charge is 0.293 e. The monoisotopic (exact) mass is 399 g/mol. The molecule has 2 aromatic rings. The molecule has 1 saturated heterocycles. The van der Waals surface area contributed by atoms with E-state index in [1.54, 1.807) is 30.3 Å². The Morgan fingerprint density at radius 1 is 1.25 bits per heavy atom. The molecule has 1 aliphatic heterocycles. The minimum atomic E-state index is -0.533. The summed E-state index contributed by atoms with van der Waals surface area (Å²) in [5.74, 6) is 0.444. The topological polar surface area (TPSA) is 103 Å². The number of benzene rings is 1. The van der Waals surface area contributed by atoms with E-state index < -0.39 is 4.92 Å². The highest BCUT2D eigenvalue weighted by atomic mass is 32.2. The molecule has 2 heterocycles. The summed E-state index contributed by atoms with van der Waals surface area (Å²) in [6.45, 7) is 3.77. The number of thioether (sulfide) groups is 1. The van der Waals surface area contributed by atoms with Gasteiger partial charge in [-0.3, -0.25) is 24.6 Å². The van der Waals surface area contributed by atoms with E-state index >= 15 is 0 Å². The highest BCUT2D eigenvalue weighted by molar-refractivity contribution is 8.18. The number of carbonyl (C=O) groups is 2. The zero-order valence-corrected chi connectivity index (χ0v) is 16.0. The third-order valence-electron chi connectivity index (χ3n) is 4.19. The number of hydrogen-bond acceptors (Lipinski definition) is 7. The van der Waals surface area contributed by atoms with Crippen LogP contribution in [-0.2, 0) is 4.79 Å². The van der Waals surface area contributed by atoms with Gasteiger partial charge in [-0.25, -0.2) is 4.98 Å². The number of nitrogens with zero attached hydrogens (tertiary/aromatic N) is 3. The number of nitro groups is 1. The van der Waals surface area contributed by atoms with Crippen molar-refractivity contribution in [1.29, 1.82) is 0 Å². The maximum absolute atomic E-state index is 12.4. The summed E-state index contributed by atoms with van der Waals surface area (Å²) in [5, 5.41) is 10.4. The van der Waals surface area contributed by atoms with E-state index in [2.05, 4.69) is 4.98 Å². The summed E-state index contributed by atoms with van der Waals surface area (Å²) in [7, 11) is 0. The molecule has 2 amide bonds. The number of pyridine rings is 1. The predicted molar refractivity (Wildman–Crippen MR) is 105 cm³/mol. The van der Waals surface area contributed by atoms with Crippen molar-refractivity contribution in [2.24, 2.45) is 0 Å². The van der Waals surface area contributed by atoms with Crippen LogP contribution in [0.15, 0.2) is 47.5 Å². The van der Waals surface area contributed by atoms with Crippen molar-refractivity contribution >= 4 is 34.7 Å². The van der Waals surface area contributed by atoms with E-state index in [0.29, 0.717) is 17.1 Å². The molecule has 1 fully saturated rings. The Kier molecular flexibility index (Phi) is 5.74. The van der Waals surface area contributed by atoms with Gasteiger partial charge < -0.3 is 4.74 Å². The minimum absolute atomic E-state index is 0.117. The predicted octanol–water partition coefficient (Wildman–Crippen LogP) is 4.62. The first-order valence-corrected chi connectivity index (χ1v) is 9.36. The van der Waals surface area contributed by atoms with Crippen LogP contribution >= 0.6 is 11.8 Å². The number of carbonyl (C=O) groups excluding carboxylic acids is 2. The Labute approximate surface area is 165 Å². The molecule has 0 saturated carbocycles. The van der Waals surface area contributed by atoms with Gasteiger partial charge in [-0.2, -0.15) is 0 Å². The lowest BCUT2D eigenvalue weighted by atomic mass is 10.2. The van der Waals surface area contributed by atoms with Crippen molar-refractivity contribution in [1.82, 2.24) is 9.88 Å². The highest BCUT2D eigenvalue weighted by Crippen LogP contribution is 2.34. The second-order valence-corrected chi connectivity index (χ2v) is 7.09. The van der Waals surface area contributed by atoms with E-state index in [9.17, 15) is 19.7 Å². The quantitative estimate of drug-likeness (QED) is 0.397. The van der Waals surface area contributed by atoms with Gasteiger partial charge in [0.25, 0.3) is 16.8 Å². The molecule has 0 unspecified atom stereocenters. The van der Waals surface area contributed by atoms with Crippen LogP contribution in [0.2, 0.25) is 0 Å². The fourth-order valence-corrected chi connectivity index (χ4v) is 3.42. The van der Waals surface area contributed by atoms with Gasteiger partial charge in [-0.05, 0) is 48.9 Å². The Morgan fingerprint density at radius 2 is 1.96 bits per heavy atom. The maximum Gasteiger partial charge on any atom is 0.293 e. The normalized spacial score (nSPS) is 16.5. The maximum atomic E-state index is 12.4. The van der Waals surface area contributed by atoms with E-state index in [0.717, 1.165) is 23.5 Å². The molecule has 0 spiro atoms. The molecule has 3 rings (SSSR count). The molecule has 9 heteroatoms. The molecule has 1 atom stereocenters. The lowest BCUT2D eigenvalue weighted by Crippen LogP contribution is -2.36. The number of amides is 2. The largest absolute Gasteiger partial charge is 0.439 e. The summed E-state index contributed by atoms with van der Waals surface area (Å²) < 4.78 is 5.55. The van der Waals surface area contributed by atoms with E-state index in [4.69, 9.17) is 4.74 Å². The number of rotatable bonds is 6. The summed E-state index contributed by atoms with van der Waals surface area (Å²) in [6, 6.07) is 9.46. The van der Waals surface area contributed by atoms with Gasteiger partial charge in [-0.1, -0.05) is 19.1 Å². The van der Waals surface area contributed by atoms with Crippen LogP contribution < -0.4 is 4.74 Å². The van der Waals surface area contributed by atoms with Gasteiger partial charge >= 0.3 is 0 Å². The second-order valence-electron chi connectivity index (χ2n) is 6.09. The van der Waals surface area contributed by atoms with Crippen LogP contribution in [0.3, 0.4) is 0 Å². The molecular formula is C19H17N3O5S. The van der Waals surface area contributed by atoms with Gasteiger partial charge in [0, 0.05) is 18.2 Å². The molecular weight excluding hydrogens is 382 g/mol. The summed E-state index contributed by atoms with van der Waals surface area (Å²) >= 11 is 0.933. The first-order chi connectivity index (χ1) is 13.4. The van der Waals surface area contributed by atoms with E-state index in [1.807, 2.05) is 13.8 Å². The van der Waals surface area contributed by atoms with Crippen molar-refractivity contribution in [3.05, 3.63) is 63.2 Å². The first-order valence-electron chi connectivity index (χ1n) is 8.54. The molecule has 1 aromatic carbocycles. The molecule has 0 bridgehead atoms. The van der Waals surface area contributed by atoms with Crippen LogP contribution in [0.1, 0.15) is 25.8 Å². The number of ether oxygens (including phenoxy) is 1. The summed E-state index contributed by atoms with van der Waals surface area (Å²) in [4.78, 5) is 40.2. The minimum Gasteiger partial charge on any atom is -0.439 e. The van der Waals surface area contributed by atoms with Crippen molar-refractivity contribution in [2.45, 2.75) is 26.3 Å². The zero-order valence-electron chi connectivity index (χ0n) is 15.2. The SMILES string of the molecule is CC[C@@H](C)N1C(=O)SC(=Cc2ccc(Oc3ccc([N+](=O)[O-])cn3)cc2)C1=O. The molecule has 1 aromatic heterocycles. The van der Waals surface area contributed by atoms with Crippen molar-refractivity contribution in [2.75, 3.05) is 0 Å². The van der Waals surface area contributed by atoms with Crippen LogP contribution in [0.4, 0.5) is 10.5 Å². The fourth-order valence-electron chi connectivity index (χ4n) is 2.49. The Balaban J connectivity index is 1.71. The third kappa shape index (κ3) is 4.20. The van der Waals surface area contributed by atoms with Gasteiger partial charge in [0.1, 0.15) is 11.9 Å². The molecule has 0 aliphatic carbocycles. The van der Waals surface area contributed by atoms with Crippen LogP contribution in [0, 0.1) is 10.1 Å². The standard InChI is InChI=1S/C19H17N3O5S/c1-3-12(2)21-18(23)16(28-19(21)24)10-13-4-7-15(8-5-13)27-17-9-6-14(11-20-17)22(25)26/h4-12H,3H2,1-2H3/t12-/m1/s1. The molecule has 8 nitrogen and oxygen atoms in total. The fraction of sp³-hybridized carbons (Fsp3) is 0.211.